The quantitative estimate of drug-likeness (QED) is 0.162. The van der Waals surface area contributed by atoms with Gasteiger partial charge in [-0.15, -0.1) is 11.8 Å². The molecule has 0 atom stereocenters. The van der Waals surface area contributed by atoms with Gasteiger partial charge in [0.1, 0.15) is 5.54 Å². The van der Waals surface area contributed by atoms with Crippen LogP contribution in [0.2, 0.25) is 0 Å². The van der Waals surface area contributed by atoms with E-state index >= 15 is 0 Å². The zero-order chi connectivity index (χ0) is 26.7. The van der Waals surface area contributed by atoms with Gasteiger partial charge in [-0.2, -0.15) is 0 Å². The van der Waals surface area contributed by atoms with Gasteiger partial charge < -0.3 is 9.47 Å². The number of carbonyl (C=O) groups is 1. The Balaban J connectivity index is 1.37. The molecule has 5 nitrogen and oxygen atoms in total. The number of imidazole rings is 1. The number of thioether (sulfide) groups is 1. The van der Waals surface area contributed by atoms with E-state index in [1.54, 1.807) is 11.8 Å². The molecule has 1 aromatic heterocycles. The number of nitrogens with zero attached hydrogens (tertiary/aromatic N) is 4. The Bertz CT molecular complexity index is 1460. The van der Waals surface area contributed by atoms with Crippen LogP contribution in [0.15, 0.2) is 133 Å². The number of benzene rings is 4. The van der Waals surface area contributed by atoms with Gasteiger partial charge >= 0.3 is 6.03 Å². The third kappa shape index (κ3) is 4.61. The summed E-state index contributed by atoms with van der Waals surface area (Å²) in [5.74, 6) is 0. The average Bonchev–Trinajstić information content (AvgIpc) is 3.62. The molecule has 6 heteroatoms. The topological polar surface area (TPSA) is 41.4 Å². The van der Waals surface area contributed by atoms with E-state index < -0.39 is 5.54 Å². The number of rotatable bonds is 8. The minimum atomic E-state index is -0.617. The van der Waals surface area contributed by atoms with Gasteiger partial charge in [0.25, 0.3) is 0 Å². The SMILES string of the molecule is CSc1cccc(N2CCN(Cc3cn(C(c4ccccc4)(c4ccccc4)c4ccccc4)cn3)C2=O)c1. The van der Waals surface area contributed by atoms with Gasteiger partial charge in [0.15, 0.2) is 0 Å². The summed E-state index contributed by atoms with van der Waals surface area (Å²) in [5.41, 5.74) is 4.61. The number of urea groups is 1. The molecule has 0 bridgehead atoms. The van der Waals surface area contributed by atoms with Gasteiger partial charge in [-0.05, 0) is 41.1 Å². The molecule has 1 saturated heterocycles. The van der Waals surface area contributed by atoms with Crippen LogP contribution in [-0.4, -0.2) is 39.8 Å². The first-order valence-corrected chi connectivity index (χ1v) is 14.3. The molecule has 2 amide bonds. The first-order valence-electron chi connectivity index (χ1n) is 13.1. The Morgan fingerprint density at radius 2 is 1.36 bits per heavy atom. The standard InChI is InChI=1S/C33H30N4OS/c1-39-31-19-11-18-30(22-31)37-21-20-35(32(37)38)23-29-24-36(25-34-29)33(26-12-5-2-6-13-26,27-14-7-3-8-15-27)28-16-9-4-10-17-28/h2-19,22,24-25H,20-21,23H2,1H3. The van der Waals surface area contributed by atoms with Crippen molar-refractivity contribution in [2.45, 2.75) is 17.0 Å². The lowest BCUT2D eigenvalue weighted by molar-refractivity contribution is 0.218. The van der Waals surface area contributed by atoms with Gasteiger partial charge in [-0.3, -0.25) is 4.90 Å². The Morgan fingerprint density at radius 1 is 0.769 bits per heavy atom. The van der Waals surface area contributed by atoms with Crippen molar-refractivity contribution in [1.29, 1.82) is 0 Å². The number of carbonyl (C=O) groups excluding carboxylic acids is 1. The Kier molecular flexibility index (Phi) is 6.95. The molecule has 0 unspecified atom stereocenters. The van der Waals surface area contributed by atoms with Crippen molar-refractivity contribution in [3.8, 4) is 0 Å². The van der Waals surface area contributed by atoms with Crippen molar-refractivity contribution in [3.63, 3.8) is 0 Å². The van der Waals surface area contributed by atoms with Crippen molar-refractivity contribution < 1.29 is 4.79 Å². The van der Waals surface area contributed by atoms with Crippen LogP contribution in [0.3, 0.4) is 0 Å². The number of hydrogen-bond acceptors (Lipinski definition) is 3. The molecule has 0 radical (unpaired) electrons. The average molecular weight is 531 g/mol. The van der Waals surface area contributed by atoms with E-state index in [2.05, 4.69) is 95.7 Å². The fourth-order valence-electron chi connectivity index (χ4n) is 5.56. The van der Waals surface area contributed by atoms with Crippen LogP contribution < -0.4 is 4.90 Å². The number of hydrogen-bond donors (Lipinski definition) is 0. The summed E-state index contributed by atoms with van der Waals surface area (Å²) in [7, 11) is 0. The Morgan fingerprint density at radius 3 is 1.92 bits per heavy atom. The van der Waals surface area contributed by atoms with Gasteiger partial charge in [-0.1, -0.05) is 97.1 Å². The summed E-state index contributed by atoms with van der Waals surface area (Å²) < 4.78 is 2.20. The second-order valence-corrected chi connectivity index (χ2v) is 10.5. The van der Waals surface area contributed by atoms with Crippen LogP contribution in [0.25, 0.3) is 0 Å². The van der Waals surface area contributed by atoms with E-state index in [9.17, 15) is 4.79 Å². The van der Waals surface area contributed by atoms with E-state index in [1.165, 1.54) is 0 Å². The van der Waals surface area contributed by atoms with E-state index in [0.29, 0.717) is 19.6 Å². The minimum absolute atomic E-state index is 0.0169. The summed E-state index contributed by atoms with van der Waals surface area (Å²) in [6.45, 7) is 1.79. The molecular formula is C33H30N4OS. The second-order valence-electron chi connectivity index (χ2n) is 9.64. The highest BCUT2D eigenvalue weighted by Gasteiger charge is 2.38. The zero-order valence-corrected chi connectivity index (χ0v) is 22.7. The summed E-state index contributed by atoms with van der Waals surface area (Å²) in [4.78, 5) is 23.1. The smallest absolute Gasteiger partial charge is 0.319 e. The van der Waals surface area contributed by atoms with Crippen LogP contribution >= 0.6 is 11.8 Å². The van der Waals surface area contributed by atoms with Crippen LogP contribution in [0.5, 0.6) is 0 Å². The summed E-state index contributed by atoms with van der Waals surface area (Å²) in [6, 6.07) is 39.8. The van der Waals surface area contributed by atoms with Gasteiger partial charge in [0.05, 0.1) is 18.6 Å². The first kappa shape index (κ1) is 25.0. The minimum Gasteiger partial charge on any atom is -0.319 e. The number of aromatic nitrogens is 2. The van der Waals surface area contributed by atoms with Crippen LogP contribution in [0.1, 0.15) is 22.4 Å². The van der Waals surface area contributed by atoms with E-state index in [-0.39, 0.29) is 6.03 Å². The third-order valence-electron chi connectivity index (χ3n) is 7.41. The monoisotopic (exact) mass is 530 g/mol. The normalized spacial score (nSPS) is 13.7. The van der Waals surface area contributed by atoms with Crippen LogP contribution in [0, 0.1) is 0 Å². The molecule has 0 spiro atoms. The molecule has 0 saturated carbocycles. The molecule has 0 N–H and O–H groups in total. The lowest BCUT2D eigenvalue weighted by Gasteiger charge is -2.37. The van der Waals surface area contributed by atoms with Gasteiger partial charge in [-0.25, -0.2) is 9.78 Å². The Labute approximate surface area is 233 Å². The van der Waals surface area contributed by atoms with Crippen LogP contribution in [0.4, 0.5) is 10.5 Å². The molecule has 6 rings (SSSR count). The molecule has 194 valence electrons. The molecule has 0 aliphatic carbocycles. The number of amides is 2. The van der Waals surface area contributed by atoms with Gasteiger partial charge in [0.2, 0.25) is 0 Å². The highest BCUT2D eigenvalue weighted by Crippen LogP contribution is 2.41. The van der Waals surface area contributed by atoms with E-state index in [1.807, 2.05) is 52.7 Å². The van der Waals surface area contributed by atoms with E-state index in [4.69, 9.17) is 4.98 Å². The highest BCUT2D eigenvalue weighted by molar-refractivity contribution is 7.98. The van der Waals surface area contributed by atoms with Crippen molar-refractivity contribution in [3.05, 3.63) is 150 Å². The molecule has 5 aromatic rings. The van der Waals surface area contributed by atoms with E-state index in [0.717, 1.165) is 33.0 Å². The molecule has 39 heavy (non-hydrogen) atoms. The highest BCUT2D eigenvalue weighted by atomic mass is 32.2. The maximum absolute atomic E-state index is 13.4. The van der Waals surface area contributed by atoms with Crippen LogP contribution in [-0.2, 0) is 12.1 Å². The number of anilines is 1. The maximum Gasteiger partial charge on any atom is 0.324 e. The molecule has 1 aliphatic rings. The molecule has 1 fully saturated rings. The van der Waals surface area contributed by atoms with Crippen molar-refractivity contribution in [1.82, 2.24) is 14.5 Å². The molecule has 4 aromatic carbocycles. The van der Waals surface area contributed by atoms with Gasteiger partial charge in [0, 0.05) is 29.9 Å². The molecular weight excluding hydrogens is 500 g/mol. The summed E-state index contributed by atoms with van der Waals surface area (Å²) in [5, 5.41) is 0. The fraction of sp³-hybridized carbons (Fsp3) is 0.152. The third-order valence-corrected chi connectivity index (χ3v) is 8.14. The van der Waals surface area contributed by atoms with Crippen molar-refractivity contribution in [2.24, 2.45) is 0 Å². The van der Waals surface area contributed by atoms with Crippen molar-refractivity contribution >= 4 is 23.5 Å². The molecule has 1 aliphatic heterocycles. The molecule has 2 heterocycles. The largest absolute Gasteiger partial charge is 0.324 e. The fourth-order valence-corrected chi connectivity index (χ4v) is 6.01. The Hall–Kier alpha value is -4.29. The lowest BCUT2D eigenvalue weighted by Crippen LogP contribution is -2.37. The van der Waals surface area contributed by atoms with Crippen molar-refractivity contribution in [2.75, 3.05) is 24.2 Å². The maximum atomic E-state index is 13.4. The first-order chi connectivity index (χ1) is 19.2. The predicted octanol–water partition coefficient (Wildman–Crippen LogP) is 6.89. The summed E-state index contributed by atoms with van der Waals surface area (Å²) in [6.07, 6.45) is 6.05. The predicted molar refractivity (Wildman–Crippen MR) is 158 cm³/mol. The zero-order valence-electron chi connectivity index (χ0n) is 21.9. The second kappa shape index (κ2) is 10.8. The lowest BCUT2D eigenvalue weighted by atomic mass is 9.77. The summed E-state index contributed by atoms with van der Waals surface area (Å²) >= 11 is 1.68.